The van der Waals surface area contributed by atoms with Crippen molar-refractivity contribution in [2.24, 2.45) is 0 Å². The summed E-state index contributed by atoms with van der Waals surface area (Å²) in [5, 5.41) is 4.28. The average Bonchev–Trinajstić information content (AvgIpc) is 2.47. The van der Waals surface area contributed by atoms with E-state index in [2.05, 4.69) is 12.2 Å². The number of nitrogens with zero attached hydrogens (tertiary/aromatic N) is 1. The zero-order chi connectivity index (χ0) is 15.4. The fourth-order valence-corrected chi connectivity index (χ4v) is 2.44. The Labute approximate surface area is 124 Å². The summed E-state index contributed by atoms with van der Waals surface area (Å²) in [7, 11) is 0. The average molecular weight is 286 g/mol. The molecule has 0 atom stereocenters. The molecule has 0 unspecified atom stereocenters. The van der Waals surface area contributed by atoms with Crippen LogP contribution in [0.2, 0.25) is 0 Å². The Morgan fingerprint density at radius 1 is 1.24 bits per heavy atom. The molecule has 1 aromatic carbocycles. The van der Waals surface area contributed by atoms with Crippen LogP contribution >= 0.6 is 0 Å². The predicted molar refractivity (Wildman–Crippen MR) is 85.9 cm³/mol. The fourth-order valence-electron chi connectivity index (χ4n) is 2.44. The van der Waals surface area contributed by atoms with Crippen molar-refractivity contribution in [3.05, 3.63) is 45.9 Å². The minimum absolute atomic E-state index is 0.0779. The van der Waals surface area contributed by atoms with E-state index < -0.39 is 0 Å². The van der Waals surface area contributed by atoms with Crippen molar-refractivity contribution < 1.29 is 4.79 Å². The third-order valence-electron chi connectivity index (χ3n) is 3.57. The molecule has 2 rings (SSSR count). The van der Waals surface area contributed by atoms with Gasteiger partial charge in [0.25, 0.3) is 11.5 Å². The van der Waals surface area contributed by atoms with Crippen molar-refractivity contribution in [1.29, 1.82) is 0 Å². The molecule has 0 aliphatic rings. The molecule has 1 heterocycles. The first-order valence-corrected chi connectivity index (χ1v) is 7.50. The van der Waals surface area contributed by atoms with Crippen molar-refractivity contribution in [3.8, 4) is 0 Å². The van der Waals surface area contributed by atoms with Crippen LogP contribution in [0.1, 0.15) is 42.7 Å². The Bertz CT molecular complexity index is 717. The Morgan fingerprint density at radius 2 is 2.00 bits per heavy atom. The topological polar surface area (TPSA) is 51.1 Å². The number of benzene rings is 1. The van der Waals surface area contributed by atoms with Gasteiger partial charge in [-0.05, 0) is 37.8 Å². The first-order valence-electron chi connectivity index (χ1n) is 7.50. The summed E-state index contributed by atoms with van der Waals surface area (Å²) >= 11 is 0. The van der Waals surface area contributed by atoms with Crippen LogP contribution in [0.5, 0.6) is 0 Å². The van der Waals surface area contributed by atoms with E-state index in [-0.39, 0.29) is 11.5 Å². The molecule has 1 amide bonds. The van der Waals surface area contributed by atoms with Crippen LogP contribution in [-0.4, -0.2) is 17.0 Å². The molecule has 0 aliphatic heterocycles. The van der Waals surface area contributed by atoms with E-state index in [1.54, 1.807) is 4.57 Å². The second kappa shape index (κ2) is 6.57. The highest BCUT2D eigenvalue weighted by molar-refractivity contribution is 5.96. The van der Waals surface area contributed by atoms with Gasteiger partial charge in [0.2, 0.25) is 0 Å². The van der Waals surface area contributed by atoms with Crippen LogP contribution in [-0.2, 0) is 6.54 Å². The lowest BCUT2D eigenvalue weighted by Crippen LogP contribution is -2.32. The number of carbonyl (C=O) groups is 1. The van der Waals surface area contributed by atoms with Crippen LogP contribution < -0.4 is 10.9 Å². The predicted octanol–water partition coefficient (Wildman–Crippen LogP) is 2.86. The second-order valence-electron chi connectivity index (χ2n) is 5.29. The molecule has 4 heteroatoms. The Morgan fingerprint density at radius 3 is 2.67 bits per heavy atom. The molecule has 0 fully saturated rings. The maximum absolute atomic E-state index is 12.7. The lowest BCUT2D eigenvalue weighted by atomic mass is 10.1. The quantitative estimate of drug-likeness (QED) is 0.919. The molecule has 1 N–H and O–H groups in total. The summed E-state index contributed by atoms with van der Waals surface area (Å²) in [6, 6.07) is 7.57. The Kier molecular flexibility index (Phi) is 4.78. The standard InChI is InChI=1S/C17H22N2O2/c1-4-6-9-19-15(16(20)18-5-2)11-13-8-7-12(3)10-14(13)17(19)21/h7-8,10-11H,4-6,9H2,1-3H3,(H,18,20). The molecule has 112 valence electrons. The number of carbonyl (C=O) groups excluding carboxylic acids is 1. The van der Waals surface area contributed by atoms with Gasteiger partial charge in [-0.25, -0.2) is 0 Å². The summed E-state index contributed by atoms with van der Waals surface area (Å²) in [6.07, 6.45) is 1.86. The number of aromatic nitrogens is 1. The lowest BCUT2D eigenvalue weighted by molar-refractivity contribution is 0.0945. The van der Waals surface area contributed by atoms with Gasteiger partial charge in [-0.15, -0.1) is 0 Å². The zero-order valence-corrected chi connectivity index (χ0v) is 12.9. The van der Waals surface area contributed by atoms with Crippen molar-refractivity contribution >= 4 is 16.7 Å². The normalized spacial score (nSPS) is 10.8. The number of fused-ring (bicyclic) bond motifs is 1. The summed E-state index contributed by atoms with van der Waals surface area (Å²) < 4.78 is 1.61. The van der Waals surface area contributed by atoms with Gasteiger partial charge in [0, 0.05) is 18.5 Å². The second-order valence-corrected chi connectivity index (χ2v) is 5.29. The molecule has 0 spiro atoms. The number of pyridine rings is 1. The van der Waals surface area contributed by atoms with Crippen molar-refractivity contribution in [3.63, 3.8) is 0 Å². The molecule has 1 aromatic heterocycles. The molecule has 0 aliphatic carbocycles. The van der Waals surface area contributed by atoms with Crippen LogP contribution in [0.4, 0.5) is 0 Å². The highest BCUT2D eigenvalue weighted by Crippen LogP contribution is 2.15. The molecule has 0 saturated heterocycles. The van der Waals surface area contributed by atoms with Crippen LogP contribution in [0.25, 0.3) is 10.8 Å². The third-order valence-corrected chi connectivity index (χ3v) is 3.57. The Hall–Kier alpha value is -2.10. The molecule has 0 saturated carbocycles. The summed E-state index contributed by atoms with van der Waals surface area (Å²) in [5.41, 5.74) is 1.42. The smallest absolute Gasteiger partial charge is 0.268 e. The summed E-state index contributed by atoms with van der Waals surface area (Å²) in [6.45, 7) is 7.03. The first-order chi connectivity index (χ1) is 10.1. The van der Waals surface area contributed by atoms with E-state index in [1.165, 1.54) is 0 Å². The molecular weight excluding hydrogens is 264 g/mol. The SMILES string of the molecule is CCCCn1c(C(=O)NCC)cc2ccc(C)cc2c1=O. The minimum atomic E-state index is -0.187. The number of rotatable bonds is 5. The molecule has 0 radical (unpaired) electrons. The van der Waals surface area contributed by atoms with Gasteiger partial charge in [-0.2, -0.15) is 0 Å². The third kappa shape index (κ3) is 3.15. The van der Waals surface area contributed by atoms with E-state index in [9.17, 15) is 9.59 Å². The monoisotopic (exact) mass is 286 g/mol. The van der Waals surface area contributed by atoms with Gasteiger partial charge < -0.3 is 9.88 Å². The molecule has 0 bridgehead atoms. The number of unbranched alkanes of at least 4 members (excludes halogenated alkanes) is 1. The van der Waals surface area contributed by atoms with E-state index in [0.29, 0.717) is 24.2 Å². The molecule has 2 aromatic rings. The van der Waals surface area contributed by atoms with Crippen molar-refractivity contribution in [1.82, 2.24) is 9.88 Å². The van der Waals surface area contributed by atoms with E-state index in [4.69, 9.17) is 0 Å². The number of aryl methyl sites for hydroxylation is 1. The highest BCUT2D eigenvalue weighted by atomic mass is 16.2. The minimum Gasteiger partial charge on any atom is -0.351 e. The maximum atomic E-state index is 12.7. The zero-order valence-electron chi connectivity index (χ0n) is 12.9. The van der Waals surface area contributed by atoms with E-state index in [1.807, 2.05) is 38.1 Å². The molecular formula is C17H22N2O2. The number of hydrogen-bond donors (Lipinski definition) is 1. The van der Waals surface area contributed by atoms with E-state index >= 15 is 0 Å². The lowest BCUT2D eigenvalue weighted by Gasteiger charge is -2.14. The first kappa shape index (κ1) is 15.3. The van der Waals surface area contributed by atoms with Gasteiger partial charge in [-0.1, -0.05) is 31.0 Å². The van der Waals surface area contributed by atoms with E-state index in [0.717, 1.165) is 23.8 Å². The van der Waals surface area contributed by atoms with Crippen LogP contribution in [0.3, 0.4) is 0 Å². The molecule has 21 heavy (non-hydrogen) atoms. The van der Waals surface area contributed by atoms with Crippen molar-refractivity contribution in [2.45, 2.75) is 40.2 Å². The van der Waals surface area contributed by atoms with Gasteiger partial charge >= 0.3 is 0 Å². The number of hydrogen-bond acceptors (Lipinski definition) is 2. The van der Waals surface area contributed by atoms with Crippen LogP contribution in [0.15, 0.2) is 29.1 Å². The van der Waals surface area contributed by atoms with Gasteiger partial charge in [-0.3, -0.25) is 9.59 Å². The largest absolute Gasteiger partial charge is 0.351 e. The number of nitrogens with one attached hydrogen (secondary N) is 1. The maximum Gasteiger partial charge on any atom is 0.268 e. The fraction of sp³-hybridized carbons (Fsp3) is 0.412. The van der Waals surface area contributed by atoms with Crippen molar-refractivity contribution in [2.75, 3.05) is 6.54 Å². The summed E-state index contributed by atoms with van der Waals surface area (Å²) in [5.74, 6) is -0.187. The molecule has 4 nitrogen and oxygen atoms in total. The van der Waals surface area contributed by atoms with Gasteiger partial charge in [0.15, 0.2) is 0 Å². The number of amides is 1. The van der Waals surface area contributed by atoms with Gasteiger partial charge in [0.05, 0.1) is 0 Å². The van der Waals surface area contributed by atoms with Gasteiger partial charge in [0.1, 0.15) is 5.69 Å². The highest BCUT2D eigenvalue weighted by Gasteiger charge is 2.14. The Balaban J connectivity index is 2.67. The summed E-state index contributed by atoms with van der Waals surface area (Å²) in [4.78, 5) is 24.9. The van der Waals surface area contributed by atoms with Crippen LogP contribution in [0, 0.1) is 6.92 Å².